The van der Waals surface area contributed by atoms with Gasteiger partial charge in [-0.1, -0.05) is 0 Å². The van der Waals surface area contributed by atoms with Gasteiger partial charge in [0.1, 0.15) is 17.8 Å². The summed E-state index contributed by atoms with van der Waals surface area (Å²) in [7, 11) is 0. The molecule has 3 heterocycles. The van der Waals surface area contributed by atoms with E-state index in [-0.39, 0.29) is 17.6 Å². The Labute approximate surface area is 142 Å². The number of carbonyl (C=O) groups excluding carboxylic acids is 1. The van der Waals surface area contributed by atoms with Crippen molar-refractivity contribution in [3.63, 3.8) is 0 Å². The number of nitrogens with zero attached hydrogens (tertiary/aromatic N) is 4. The van der Waals surface area contributed by atoms with Gasteiger partial charge >= 0.3 is 6.18 Å². The minimum Gasteiger partial charge on any atom is -0.356 e. The molecule has 0 unspecified atom stereocenters. The van der Waals surface area contributed by atoms with Gasteiger partial charge in [0, 0.05) is 49.7 Å². The van der Waals surface area contributed by atoms with Gasteiger partial charge in [0.15, 0.2) is 0 Å². The fraction of sp³-hybridized carbons (Fsp3) is 0.667. The third-order valence-corrected chi connectivity index (χ3v) is 5.38. The van der Waals surface area contributed by atoms with Crippen LogP contribution in [0.2, 0.25) is 0 Å². The number of amides is 1. The van der Waals surface area contributed by atoms with E-state index in [1.807, 2.05) is 16.7 Å². The van der Waals surface area contributed by atoms with Gasteiger partial charge in [-0.05, 0) is 12.8 Å². The lowest BCUT2D eigenvalue weighted by Crippen LogP contribution is -2.45. The maximum atomic E-state index is 12.7. The van der Waals surface area contributed by atoms with Gasteiger partial charge in [0.25, 0.3) is 0 Å². The van der Waals surface area contributed by atoms with Gasteiger partial charge in [-0.25, -0.2) is 9.97 Å². The Morgan fingerprint density at radius 1 is 1.12 bits per heavy atom. The van der Waals surface area contributed by atoms with Crippen LogP contribution in [-0.2, 0) is 11.0 Å². The van der Waals surface area contributed by atoms with Gasteiger partial charge in [-0.2, -0.15) is 24.9 Å². The van der Waals surface area contributed by atoms with Crippen LogP contribution in [0.1, 0.15) is 18.5 Å². The van der Waals surface area contributed by atoms with Crippen molar-refractivity contribution in [3.8, 4) is 0 Å². The summed E-state index contributed by atoms with van der Waals surface area (Å²) in [5, 5.41) is 0. The molecule has 0 bridgehead atoms. The van der Waals surface area contributed by atoms with E-state index in [9.17, 15) is 18.0 Å². The summed E-state index contributed by atoms with van der Waals surface area (Å²) in [5.74, 6) is 2.39. The molecule has 0 spiro atoms. The van der Waals surface area contributed by atoms with Crippen molar-refractivity contribution < 1.29 is 18.0 Å². The zero-order valence-corrected chi connectivity index (χ0v) is 13.9. The zero-order chi connectivity index (χ0) is 17.2. The Morgan fingerprint density at radius 3 is 2.42 bits per heavy atom. The van der Waals surface area contributed by atoms with E-state index in [0.29, 0.717) is 25.9 Å². The predicted molar refractivity (Wildman–Crippen MR) is 85.9 cm³/mol. The summed E-state index contributed by atoms with van der Waals surface area (Å²) in [6.07, 6.45) is -2.24. The summed E-state index contributed by atoms with van der Waals surface area (Å²) >= 11 is 1.86. The molecule has 0 N–H and O–H groups in total. The minimum atomic E-state index is -4.47. The van der Waals surface area contributed by atoms with E-state index in [1.54, 1.807) is 4.90 Å². The summed E-state index contributed by atoms with van der Waals surface area (Å²) in [6, 6.07) is 0.976. The second-order valence-electron chi connectivity index (χ2n) is 5.96. The van der Waals surface area contributed by atoms with Crippen LogP contribution in [0.25, 0.3) is 0 Å². The van der Waals surface area contributed by atoms with Crippen LogP contribution in [0.4, 0.5) is 19.0 Å². The lowest BCUT2D eigenvalue weighted by atomic mass is 9.95. The molecule has 0 aliphatic carbocycles. The normalized spacial score (nSPS) is 20.3. The molecule has 132 valence electrons. The van der Waals surface area contributed by atoms with E-state index in [4.69, 9.17) is 0 Å². The van der Waals surface area contributed by atoms with Gasteiger partial charge in [-0.15, -0.1) is 0 Å². The smallest absolute Gasteiger partial charge is 0.356 e. The Hall–Kier alpha value is -1.51. The zero-order valence-electron chi connectivity index (χ0n) is 13.1. The number of thioether (sulfide) groups is 1. The number of piperidine rings is 1. The monoisotopic (exact) mass is 360 g/mol. The number of halogens is 3. The van der Waals surface area contributed by atoms with Crippen LogP contribution in [0, 0.1) is 5.92 Å². The van der Waals surface area contributed by atoms with Crippen LogP contribution < -0.4 is 4.90 Å². The number of aromatic nitrogens is 2. The molecule has 5 nitrogen and oxygen atoms in total. The van der Waals surface area contributed by atoms with Crippen molar-refractivity contribution in [2.24, 2.45) is 5.92 Å². The molecular formula is C15H19F3N4OS. The number of hydrogen-bond donors (Lipinski definition) is 0. The maximum Gasteiger partial charge on any atom is 0.433 e. The molecule has 1 aromatic heterocycles. The maximum absolute atomic E-state index is 12.7. The van der Waals surface area contributed by atoms with Crippen LogP contribution >= 0.6 is 11.8 Å². The van der Waals surface area contributed by atoms with Crippen molar-refractivity contribution in [1.29, 1.82) is 0 Å². The van der Waals surface area contributed by atoms with Gasteiger partial charge in [-0.3, -0.25) is 4.79 Å². The first-order chi connectivity index (χ1) is 11.4. The molecule has 2 fully saturated rings. The second kappa shape index (κ2) is 7.16. The van der Waals surface area contributed by atoms with E-state index >= 15 is 0 Å². The van der Waals surface area contributed by atoms with Crippen molar-refractivity contribution >= 4 is 23.5 Å². The SMILES string of the molecule is O=C(C1CCN(c2cc(C(F)(F)F)ncn2)CC1)N1CCSCC1. The number of anilines is 1. The first kappa shape index (κ1) is 17.3. The molecular weight excluding hydrogens is 341 g/mol. The van der Waals surface area contributed by atoms with Crippen LogP contribution in [-0.4, -0.2) is 58.5 Å². The highest BCUT2D eigenvalue weighted by molar-refractivity contribution is 7.99. The number of carbonyl (C=O) groups is 1. The highest BCUT2D eigenvalue weighted by atomic mass is 32.2. The molecule has 1 amide bonds. The van der Waals surface area contributed by atoms with Gasteiger partial charge < -0.3 is 9.80 Å². The van der Waals surface area contributed by atoms with Crippen LogP contribution in [0.3, 0.4) is 0 Å². The quantitative estimate of drug-likeness (QED) is 0.810. The van der Waals surface area contributed by atoms with Crippen molar-refractivity contribution in [3.05, 3.63) is 18.1 Å². The molecule has 24 heavy (non-hydrogen) atoms. The molecule has 2 aliphatic rings. The van der Waals surface area contributed by atoms with E-state index in [2.05, 4.69) is 9.97 Å². The summed E-state index contributed by atoms with van der Waals surface area (Å²) in [6.45, 7) is 2.66. The Morgan fingerprint density at radius 2 is 1.79 bits per heavy atom. The highest BCUT2D eigenvalue weighted by Gasteiger charge is 2.34. The Bertz CT molecular complexity index is 584. The fourth-order valence-electron chi connectivity index (χ4n) is 3.07. The van der Waals surface area contributed by atoms with Crippen LogP contribution in [0.15, 0.2) is 12.4 Å². The van der Waals surface area contributed by atoms with Crippen molar-refractivity contribution in [2.45, 2.75) is 19.0 Å². The molecule has 0 atom stereocenters. The lowest BCUT2D eigenvalue weighted by molar-refractivity contribution is -0.141. The molecule has 2 aliphatic heterocycles. The standard InChI is InChI=1S/C15H19F3N4OS/c16-15(17,18)12-9-13(20-10-19-12)21-3-1-11(2-4-21)14(23)22-5-7-24-8-6-22/h9-11H,1-8H2. The first-order valence-electron chi connectivity index (χ1n) is 7.96. The highest BCUT2D eigenvalue weighted by Crippen LogP contribution is 2.30. The Balaban J connectivity index is 1.60. The van der Waals surface area contributed by atoms with E-state index in [0.717, 1.165) is 37.0 Å². The van der Waals surface area contributed by atoms with Crippen molar-refractivity contribution in [2.75, 3.05) is 42.6 Å². The van der Waals surface area contributed by atoms with Crippen molar-refractivity contribution in [1.82, 2.24) is 14.9 Å². The van der Waals surface area contributed by atoms with Gasteiger partial charge in [0.05, 0.1) is 0 Å². The second-order valence-corrected chi connectivity index (χ2v) is 7.18. The van der Waals surface area contributed by atoms with Crippen LogP contribution in [0.5, 0.6) is 0 Å². The largest absolute Gasteiger partial charge is 0.433 e. The summed E-state index contributed by atoms with van der Waals surface area (Å²) < 4.78 is 38.2. The molecule has 0 aromatic carbocycles. The minimum absolute atomic E-state index is 0.0340. The molecule has 0 saturated carbocycles. The Kier molecular flexibility index (Phi) is 5.17. The third kappa shape index (κ3) is 3.93. The topological polar surface area (TPSA) is 49.3 Å². The summed E-state index contributed by atoms with van der Waals surface area (Å²) in [5.41, 5.74) is -0.934. The van der Waals surface area contributed by atoms with E-state index < -0.39 is 11.9 Å². The summed E-state index contributed by atoms with van der Waals surface area (Å²) in [4.78, 5) is 23.5. The van der Waals surface area contributed by atoms with Gasteiger partial charge in [0.2, 0.25) is 5.91 Å². The molecule has 9 heteroatoms. The number of rotatable bonds is 2. The third-order valence-electron chi connectivity index (χ3n) is 4.43. The fourth-order valence-corrected chi connectivity index (χ4v) is 3.98. The average Bonchev–Trinajstić information content (AvgIpc) is 2.61. The first-order valence-corrected chi connectivity index (χ1v) is 9.11. The predicted octanol–water partition coefficient (Wildman–Crippen LogP) is 2.29. The number of hydrogen-bond acceptors (Lipinski definition) is 5. The van der Waals surface area contributed by atoms with E-state index in [1.165, 1.54) is 0 Å². The molecule has 1 aromatic rings. The number of alkyl halides is 3. The molecule has 2 saturated heterocycles. The lowest BCUT2D eigenvalue weighted by Gasteiger charge is -2.36. The average molecular weight is 360 g/mol. The molecule has 0 radical (unpaired) electrons. The molecule has 3 rings (SSSR count).